The van der Waals surface area contributed by atoms with Crippen molar-refractivity contribution in [1.82, 2.24) is 4.98 Å². The van der Waals surface area contributed by atoms with Gasteiger partial charge in [-0.15, -0.1) is 0 Å². The van der Waals surface area contributed by atoms with E-state index in [0.29, 0.717) is 16.1 Å². The van der Waals surface area contributed by atoms with Gasteiger partial charge in [0.15, 0.2) is 0 Å². The maximum Gasteiger partial charge on any atom is 0.123 e. The number of benzene rings is 1. The highest BCUT2D eigenvalue weighted by Gasteiger charge is 2.14. The summed E-state index contributed by atoms with van der Waals surface area (Å²) in [5, 5.41) is 10.5. The van der Waals surface area contributed by atoms with E-state index in [2.05, 4.69) is 4.98 Å². The molecule has 1 heterocycles. The number of pyridine rings is 1. The van der Waals surface area contributed by atoms with Crippen LogP contribution < -0.4 is 0 Å². The van der Waals surface area contributed by atoms with Crippen LogP contribution in [0, 0.1) is 12.7 Å². The van der Waals surface area contributed by atoms with Crippen molar-refractivity contribution in [3.05, 3.63) is 64.2 Å². The third kappa shape index (κ3) is 2.62. The molecule has 0 aliphatic carbocycles. The van der Waals surface area contributed by atoms with Gasteiger partial charge in [-0.1, -0.05) is 17.7 Å². The molecule has 0 spiro atoms. The number of nitrogens with zero attached hydrogens (tertiary/aromatic N) is 1. The molecule has 0 fully saturated rings. The second kappa shape index (κ2) is 4.82. The zero-order valence-electron chi connectivity index (χ0n) is 9.19. The lowest BCUT2D eigenvalue weighted by Gasteiger charge is -2.13. The topological polar surface area (TPSA) is 33.1 Å². The van der Waals surface area contributed by atoms with Gasteiger partial charge < -0.3 is 5.11 Å². The van der Waals surface area contributed by atoms with Crippen molar-refractivity contribution in [3.63, 3.8) is 0 Å². The molecule has 1 unspecified atom stereocenters. The van der Waals surface area contributed by atoms with Gasteiger partial charge in [0.05, 0.1) is 5.02 Å². The van der Waals surface area contributed by atoms with Crippen LogP contribution in [0.3, 0.4) is 0 Å². The van der Waals surface area contributed by atoms with Gasteiger partial charge in [0.25, 0.3) is 0 Å². The van der Waals surface area contributed by atoms with E-state index in [9.17, 15) is 9.50 Å². The van der Waals surface area contributed by atoms with Gasteiger partial charge in [-0.3, -0.25) is 4.98 Å². The molecule has 0 amide bonds. The molecule has 0 saturated heterocycles. The zero-order valence-corrected chi connectivity index (χ0v) is 9.95. The Morgan fingerprint density at radius 2 is 2.12 bits per heavy atom. The van der Waals surface area contributed by atoms with E-state index in [4.69, 9.17) is 11.6 Å². The minimum atomic E-state index is -0.945. The third-order valence-corrected chi connectivity index (χ3v) is 2.79. The summed E-state index contributed by atoms with van der Waals surface area (Å²) in [7, 11) is 0. The summed E-state index contributed by atoms with van der Waals surface area (Å²) in [5.41, 5.74) is 1.76. The Labute approximate surface area is 104 Å². The van der Waals surface area contributed by atoms with Crippen LogP contribution in [0.5, 0.6) is 0 Å². The molecule has 1 aromatic carbocycles. The van der Waals surface area contributed by atoms with Crippen molar-refractivity contribution in [3.8, 4) is 0 Å². The molecule has 0 saturated carbocycles. The first-order chi connectivity index (χ1) is 8.08. The summed E-state index contributed by atoms with van der Waals surface area (Å²) in [6.07, 6.45) is 2.04. The Hall–Kier alpha value is -1.45. The molecule has 0 bridgehead atoms. The number of halogens is 2. The molecule has 2 aromatic rings. The molecule has 0 aliphatic heterocycles. The van der Waals surface area contributed by atoms with Crippen LogP contribution in [0.4, 0.5) is 4.39 Å². The van der Waals surface area contributed by atoms with Crippen molar-refractivity contribution < 1.29 is 9.50 Å². The highest BCUT2D eigenvalue weighted by Crippen LogP contribution is 2.28. The SMILES string of the molecule is Cc1cc(F)cc(C(O)c2ccncc2Cl)c1. The molecule has 0 radical (unpaired) electrons. The van der Waals surface area contributed by atoms with E-state index >= 15 is 0 Å². The predicted octanol–water partition coefficient (Wildman–Crippen LogP) is 3.26. The Morgan fingerprint density at radius 3 is 2.76 bits per heavy atom. The summed E-state index contributed by atoms with van der Waals surface area (Å²) in [4.78, 5) is 3.84. The number of aliphatic hydroxyl groups is 1. The Kier molecular flexibility index (Phi) is 3.41. The molecule has 2 rings (SSSR count). The summed E-state index contributed by atoms with van der Waals surface area (Å²) in [5.74, 6) is -0.371. The largest absolute Gasteiger partial charge is 0.384 e. The average Bonchev–Trinajstić information content (AvgIpc) is 2.27. The van der Waals surface area contributed by atoms with Gasteiger partial charge in [0.2, 0.25) is 0 Å². The van der Waals surface area contributed by atoms with Crippen molar-refractivity contribution in [2.45, 2.75) is 13.0 Å². The van der Waals surface area contributed by atoms with Crippen LogP contribution in [0.2, 0.25) is 5.02 Å². The maximum absolute atomic E-state index is 13.2. The number of aliphatic hydroxyl groups excluding tert-OH is 1. The Balaban J connectivity index is 2.43. The number of hydrogen-bond donors (Lipinski definition) is 1. The average molecular weight is 252 g/mol. The normalized spacial score (nSPS) is 12.5. The molecular weight excluding hydrogens is 241 g/mol. The van der Waals surface area contributed by atoms with Crippen LogP contribution in [0.25, 0.3) is 0 Å². The predicted molar refractivity (Wildman–Crippen MR) is 64.4 cm³/mol. The highest BCUT2D eigenvalue weighted by atomic mass is 35.5. The van der Waals surface area contributed by atoms with E-state index in [1.54, 1.807) is 19.1 Å². The summed E-state index contributed by atoms with van der Waals surface area (Å²) in [6, 6.07) is 6.05. The molecular formula is C13H11ClFNO. The molecule has 4 heteroatoms. The van der Waals surface area contributed by atoms with Gasteiger partial charge in [-0.25, -0.2) is 4.39 Å². The summed E-state index contributed by atoms with van der Waals surface area (Å²) < 4.78 is 13.2. The minimum absolute atomic E-state index is 0.363. The first kappa shape index (κ1) is 12.0. The lowest BCUT2D eigenvalue weighted by Crippen LogP contribution is -2.02. The number of hydrogen-bond acceptors (Lipinski definition) is 2. The highest BCUT2D eigenvalue weighted by molar-refractivity contribution is 6.31. The third-order valence-electron chi connectivity index (χ3n) is 2.48. The van der Waals surface area contributed by atoms with Crippen LogP contribution in [0.1, 0.15) is 22.8 Å². The van der Waals surface area contributed by atoms with Crippen LogP contribution in [-0.4, -0.2) is 10.1 Å². The fraction of sp³-hybridized carbons (Fsp3) is 0.154. The number of aromatic nitrogens is 1. The monoisotopic (exact) mass is 251 g/mol. The van der Waals surface area contributed by atoms with Gasteiger partial charge >= 0.3 is 0 Å². The Bertz CT molecular complexity index is 524. The van der Waals surface area contributed by atoms with E-state index in [1.807, 2.05) is 0 Å². The minimum Gasteiger partial charge on any atom is -0.384 e. The van der Waals surface area contributed by atoms with Crippen molar-refractivity contribution in [2.24, 2.45) is 0 Å². The first-order valence-electron chi connectivity index (χ1n) is 5.12. The Morgan fingerprint density at radius 1 is 1.35 bits per heavy atom. The summed E-state index contributed by atoms with van der Waals surface area (Å²) >= 11 is 5.93. The van der Waals surface area contributed by atoms with Gasteiger partial charge in [-0.2, -0.15) is 0 Å². The van der Waals surface area contributed by atoms with Gasteiger partial charge in [0, 0.05) is 18.0 Å². The van der Waals surface area contributed by atoms with E-state index in [1.165, 1.54) is 24.5 Å². The van der Waals surface area contributed by atoms with Gasteiger partial charge in [-0.05, 0) is 36.2 Å². The van der Waals surface area contributed by atoms with E-state index in [0.717, 1.165) is 5.56 Å². The lowest BCUT2D eigenvalue weighted by atomic mass is 10.0. The van der Waals surface area contributed by atoms with Crippen molar-refractivity contribution in [2.75, 3.05) is 0 Å². The standard InChI is InChI=1S/C13H11ClFNO/c1-8-4-9(6-10(15)5-8)13(17)11-2-3-16-7-12(11)14/h2-7,13,17H,1H3. The molecule has 2 nitrogen and oxygen atoms in total. The molecule has 17 heavy (non-hydrogen) atoms. The van der Waals surface area contributed by atoms with Crippen molar-refractivity contribution >= 4 is 11.6 Å². The van der Waals surface area contributed by atoms with Crippen LogP contribution in [0.15, 0.2) is 36.7 Å². The molecule has 1 N–H and O–H groups in total. The summed E-state index contributed by atoms with van der Waals surface area (Å²) in [6.45, 7) is 1.77. The lowest BCUT2D eigenvalue weighted by molar-refractivity contribution is 0.219. The van der Waals surface area contributed by atoms with Gasteiger partial charge in [0.1, 0.15) is 11.9 Å². The van der Waals surface area contributed by atoms with Crippen molar-refractivity contribution in [1.29, 1.82) is 0 Å². The smallest absolute Gasteiger partial charge is 0.123 e. The zero-order chi connectivity index (χ0) is 12.4. The molecule has 1 atom stereocenters. The first-order valence-corrected chi connectivity index (χ1v) is 5.50. The quantitative estimate of drug-likeness (QED) is 0.889. The number of aryl methyl sites for hydroxylation is 1. The van der Waals surface area contributed by atoms with E-state index in [-0.39, 0.29) is 5.82 Å². The molecule has 88 valence electrons. The van der Waals surface area contributed by atoms with Crippen LogP contribution in [-0.2, 0) is 0 Å². The fourth-order valence-corrected chi connectivity index (χ4v) is 1.93. The maximum atomic E-state index is 13.2. The fourth-order valence-electron chi connectivity index (χ4n) is 1.71. The second-order valence-electron chi connectivity index (χ2n) is 3.86. The van der Waals surface area contributed by atoms with Crippen LogP contribution >= 0.6 is 11.6 Å². The van der Waals surface area contributed by atoms with E-state index < -0.39 is 6.10 Å². The number of rotatable bonds is 2. The molecule has 1 aromatic heterocycles. The second-order valence-corrected chi connectivity index (χ2v) is 4.27. The molecule has 0 aliphatic rings.